The minimum atomic E-state index is 0.129. The molecule has 0 aromatic heterocycles. The third-order valence-corrected chi connectivity index (χ3v) is 4.74. The quantitative estimate of drug-likeness (QED) is 0.777. The molecule has 1 aliphatic carbocycles. The molecule has 2 atom stereocenters. The van der Waals surface area contributed by atoms with E-state index in [4.69, 9.17) is 4.74 Å². The van der Waals surface area contributed by atoms with Crippen LogP contribution in [0.15, 0.2) is 4.99 Å². The zero-order chi connectivity index (χ0) is 10.3. The van der Waals surface area contributed by atoms with E-state index in [9.17, 15) is 0 Å². The van der Waals surface area contributed by atoms with Gasteiger partial charge in [-0.05, 0) is 32.1 Å². The van der Waals surface area contributed by atoms with Crippen molar-refractivity contribution in [1.82, 2.24) is 5.32 Å². The van der Waals surface area contributed by atoms with E-state index < -0.39 is 0 Å². The fourth-order valence-corrected chi connectivity index (χ4v) is 3.55. The van der Waals surface area contributed by atoms with Crippen LogP contribution in [-0.4, -0.2) is 35.7 Å². The molecule has 0 bridgehead atoms. The summed E-state index contributed by atoms with van der Waals surface area (Å²) >= 11 is 1.95. The number of hydrogen-bond acceptors (Lipinski definition) is 4. The van der Waals surface area contributed by atoms with Gasteiger partial charge in [0.25, 0.3) is 0 Å². The minimum absolute atomic E-state index is 0.129. The molecule has 2 fully saturated rings. The third kappa shape index (κ3) is 2.16. The summed E-state index contributed by atoms with van der Waals surface area (Å²) in [7, 11) is 0. The lowest BCUT2D eigenvalue weighted by molar-refractivity contribution is 0.177. The van der Waals surface area contributed by atoms with Gasteiger partial charge >= 0.3 is 0 Å². The number of nitrogens with zero attached hydrogens (tertiary/aromatic N) is 1. The molecule has 4 heteroatoms. The standard InChI is InChI=1S/C11H18N2OS/c1-11(4-5-14-7-11)13-10-12-6-9(15-10)8-2-3-8/h8-9H,2-7H2,1H3,(H,12,13). The van der Waals surface area contributed by atoms with E-state index in [-0.39, 0.29) is 5.54 Å². The van der Waals surface area contributed by atoms with Gasteiger partial charge in [0, 0.05) is 11.9 Å². The van der Waals surface area contributed by atoms with Crippen molar-refractivity contribution in [2.24, 2.45) is 10.9 Å². The van der Waals surface area contributed by atoms with Gasteiger partial charge in [0.2, 0.25) is 0 Å². The predicted molar refractivity (Wildman–Crippen MR) is 63.4 cm³/mol. The van der Waals surface area contributed by atoms with Gasteiger partial charge in [0.15, 0.2) is 5.17 Å². The van der Waals surface area contributed by atoms with Gasteiger partial charge in [-0.25, -0.2) is 0 Å². The van der Waals surface area contributed by atoms with Crippen LogP contribution in [0.2, 0.25) is 0 Å². The van der Waals surface area contributed by atoms with E-state index >= 15 is 0 Å². The Morgan fingerprint density at radius 2 is 2.40 bits per heavy atom. The van der Waals surface area contributed by atoms with Crippen LogP contribution in [-0.2, 0) is 4.74 Å². The molecule has 3 aliphatic rings. The Labute approximate surface area is 95.1 Å². The molecule has 2 unspecified atom stereocenters. The van der Waals surface area contributed by atoms with E-state index in [1.807, 2.05) is 11.8 Å². The highest BCUT2D eigenvalue weighted by molar-refractivity contribution is 8.14. The topological polar surface area (TPSA) is 33.6 Å². The van der Waals surface area contributed by atoms with Gasteiger partial charge in [0.05, 0.1) is 18.7 Å². The van der Waals surface area contributed by atoms with E-state index in [1.54, 1.807) is 0 Å². The van der Waals surface area contributed by atoms with Crippen LogP contribution in [0, 0.1) is 5.92 Å². The van der Waals surface area contributed by atoms with E-state index in [2.05, 4.69) is 17.2 Å². The highest BCUT2D eigenvalue weighted by Gasteiger charge is 2.37. The molecule has 3 nitrogen and oxygen atoms in total. The summed E-state index contributed by atoms with van der Waals surface area (Å²) in [6.45, 7) is 4.95. The molecule has 1 saturated carbocycles. The second-order valence-corrected chi connectivity index (χ2v) is 6.36. The molecule has 0 amide bonds. The Morgan fingerprint density at radius 3 is 3.07 bits per heavy atom. The van der Waals surface area contributed by atoms with E-state index in [1.165, 1.54) is 12.8 Å². The molecule has 1 saturated heterocycles. The van der Waals surface area contributed by atoms with E-state index in [0.29, 0.717) is 0 Å². The summed E-state index contributed by atoms with van der Waals surface area (Å²) < 4.78 is 5.43. The fraction of sp³-hybridized carbons (Fsp3) is 0.909. The maximum Gasteiger partial charge on any atom is 0.157 e. The first-order valence-corrected chi connectivity index (χ1v) is 6.70. The first kappa shape index (κ1) is 9.97. The molecule has 2 heterocycles. The Kier molecular flexibility index (Phi) is 2.44. The molecule has 3 rings (SSSR count). The Hall–Kier alpha value is -0.220. The number of amidine groups is 1. The van der Waals surface area contributed by atoms with Gasteiger partial charge in [-0.15, -0.1) is 0 Å². The van der Waals surface area contributed by atoms with Crippen LogP contribution in [0.25, 0.3) is 0 Å². The summed E-state index contributed by atoms with van der Waals surface area (Å²) in [5, 5.41) is 5.47. The molecule has 15 heavy (non-hydrogen) atoms. The largest absolute Gasteiger partial charge is 0.379 e. The van der Waals surface area contributed by atoms with E-state index in [0.717, 1.165) is 42.5 Å². The first-order valence-electron chi connectivity index (χ1n) is 5.82. The Bertz CT molecular complexity index is 282. The molecule has 1 N–H and O–H groups in total. The lowest BCUT2D eigenvalue weighted by Crippen LogP contribution is -2.45. The number of hydrogen-bond donors (Lipinski definition) is 1. The number of rotatable bonds is 2. The lowest BCUT2D eigenvalue weighted by Gasteiger charge is -2.24. The van der Waals surface area contributed by atoms with Crippen molar-refractivity contribution in [1.29, 1.82) is 0 Å². The molecule has 0 aromatic carbocycles. The van der Waals surface area contributed by atoms with Crippen molar-refractivity contribution >= 4 is 16.9 Å². The lowest BCUT2D eigenvalue weighted by atomic mass is 10.0. The van der Waals surface area contributed by atoms with Crippen LogP contribution in [0.5, 0.6) is 0 Å². The smallest absolute Gasteiger partial charge is 0.157 e. The van der Waals surface area contributed by atoms with Gasteiger partial charge < -0.3 is 10.1 Å². The van der Waals surface area contributed by atoms with Gasteiger partial charge in [-0.2, -0.15) is 0 Å². The second-order valence-electron chi connectivity index (χ2n) is 5.13. The van der Waals surface area contributed by atoms with Crippen molar-refractivity contribution in [3.8, 4) is 0 Å². The summed E-state index contributed by atoms with van der Waals surface area (Å²) in [5.41, 5.74) is 0.129. The van der Waals surface area contributed by atoms with Gasteiger partial charge in [-0.3, -0.25) is 4.99 Å². The van der Waals surface area contributed by atoms with Crippen molar-refractivity contribution in [3.05, 3.63) is 0 Å². The number of aliphatic imine (C=N–C) groups is 1. The molecule has 2 aliphatic heterocycles. The maximum atomic E-state index is 5.43. The predicted octanol–water partition coefficient (Wildman–Crippen LogP) is 1.64. The third-order valence-electron chi connectivity index (χ3n) is 3.45. The monoisotopic (exact) mass is 226 g/mol. The average Bonchev–Trinajstić information content (AvgIpc) is 2.83. The van der Waals surface area contributed by atoms with Crippen molar-refractivity contribution < 1.29 is 4.74 Å². The van der Waals surface area contributed by atoms with Crippen LogP contribution in [0.4, 0.5) is 0 Å². The highest BCUT2D eigenvalue weighted by atomic mass is 32.2. The number of thioether (sulfide) groups is 1. The maximum absolute atomic E-state index is 5.43. The summed E-state index contributed by atoms with van der Waals surface area (Å²) in [4.78, 5) is 4.60. The van der Waals surface area contributed by atoms with Gasteiger partial charge in [-0.1, -0.05) is 11.8 Å². The second kappa shape index (κ2) is 3.67. The van der Waals surface area contributed by atoms with Gasteiger partial charge in [0.1, 0.15) is 0 Å². The van der Waals surface area contributed by atoms with Crippen LogP contribution < -0.4 is 5.32 Å². The van der Waals surface area contributed by atoms with Crippen molar-refractivity contribution in [2.75, 3.05) is 19.8 Å². The molecule has 0 radical (unpaired) electrons. The van der Waals surface area contributed by atoms with Crippen LogP contribution >= 0.6 is 11.8 Å². The fourth-order valence-electron chi connectivity index (χ4n) is 2.20. The number of ether oxygens (including phenoxy) is 1. The number of nitrogens with one attached hydrogen (secondary N) is 1. The summed E-state index contributed by atoms with van der Waals surface area (Å²) in [6.07, 6.45) is 3.93. The zero-order valence-electron chi connectivity index (χ0n) is 9.16. The molecule has 84 valence electrons. The summed E-state index contributed by atoms with van der Waals surface area (Å²) in [6, 6.07) is 0. The molecule has 0 spiro atoms. The Morgan fingerprint density at radius 1 is 1.53 bits per heavy atom. The van der Waals surface area contributed by atoms with Crippen LogP contribution in [0.3, 0.4) is 0 Å². The normalized spacial score (nSPS) is 40.6. The average molecular weight is 226 g/mol. The Balaban J connectivity index is 1.55. The molecular formula is C11H18N2OS. The van der Waals surface area contributed by atoms with Crippen LogP contribution in [0.1, 0.15) is 26.2 Å². The van der Waals surface area contributed by atoms with Crippen molar-refractivity contribution in [2.45, 2.75) is 37.0 Å². The van der Waals surface area contributed by atoms with Crippen molar-refractivity contribution in [3.63, 3.8) is 0 Å². The SMILES string of the molecule is CC1(NC2=NCC(C3CC3)S2)CCOC1. The highest BCUT2D eigenvalue weighted by Crippen LogP contribution is 2.41. The first-order chi connectivity index (χ1) is 7.25. The zero-order valence-corrected chi connectivity index (χ0v) is 9.98. The molecule has 0 aromatic rings. The summed E-state index contributed by atoms with van der Waals surface area (Å²) in [5.74, 6) is 0.950. The molecular weight excluding hydrogens is 208 g/mol. The minimum Gasteiger partial charge on any atom is -0.379 e.